The predicted molar refractivity (Wildman–Crippen MR) is 92.6 cm³/mol. The number of morpholine rings is 1. The van der Waals surface area contributed by atoms with Gasteiger partial charge in [-0.15, -0.1) is 0 Å². The van der Waals surface area contributed by atoms with E-state index in [0.29, 0.717) is 6.10 Å². The number of rotatable bonds is 9. The van der Waals surface area contributed by atoms with Crippen molar-refractivity contribution >= 4 is 0 Å². The van der Waals surface area contributed by atoms with Gasteiger partial charge in [0.2, 0.25) is 0 Å². The van der Waals surface area contributed by atoms with Crippen LogP contribution in [0.25, 0.3) is 0 Å². The molecule has 126 valence electrons. The van der Waals surface area contributed by atoms with Gasteiger partial charge in [-0.25, -0.2) is 0 Å². The summed E-state index contributed by atoms with van der Waals surface area (Å²) in [6.45, 7) is 19.1. The van der Waals surface area contributed by atoms with Crippen molar-refractivity contribution in [2.45, 2.75) is 47.1 Å². The first-order valence-electron chi connectivity index (χ1n) is 8.51. The Morgan fingerprint density at radius 1 is 1.30 bits per heavy atom. The Labute approximate surface area is 129 Å². The molecule has 0 aliphatic carbocycles. The van der Waals surface area contributed by atoms with Crippen molar-refractivity contribution in [1.82, 2.24) is 15.5 Å². The number of hydrogen-bond acceptors (Lipinski definition) is 4. The molecular weight excluding hydrogens is 250 g/mol. The Morgan fingerprint density at radius 3 is 2.70 bits per heavy atom. The molecule has 1 heterocycles. The van der Waals surface area contributed by atoms with E-state index < -0.39 is 0 Å². The Balaban J connectivity index is -0.000000864. The van der Waals surface area contributed by atoms with Gasteiger partial charge in [0.15, 0.2) is 0 Å². The van der Waals surface area contributed by atoms with E-state index in [1.165, 1.54) is 6.42 Å². The lowest BCUT2D eigenvalue weighted by molar-refractivity contribution is -0.0267. The molecule has 0 aromatic carbocycles. The Morgan fingerprint density at radius 2 is 2.05 bits per heavy atom. The van der Waals surface area contributed by atoms with Gasteiger partial charge >= 0.3 is 0 Å². The number of hydrogen-bond donors (Lipinski definition) is 2. The number of nitrogens with one attached hydrogen (secondary N) is 2. The summed E-state index contributed by atoms with van der Waals surface area (Å²) in [5, 5.41) is 6.90. The van der Waals surface area contributed by atoms with Crippen LogP contribution in [0.1, 0.15) is 43.9 Å². The Hall–Kier alpha value is -0.160. The second-order valence-electron chi connectivity index (χ2n) is 5.32. The van der Waals surface area contributed by atoms with Crippen LogP contribution in [0.5, 0.6) is 0 Å². The molecule has 0 radical (unpaired) electrons. The summed E-state index contributed by atoms with van der Waals surface area (Å²) in [6.07, 6.45) is 1.61. The number of likely N-dealkylation sites (N-methyl/N-ethyl adjacent to an activating group) is 1. The van der Waals surface area contributed by atoms with E-state index >= 15 is 0 Å². The van der Waals surface area contributed by atoms with Crippen LogP contribution in [-0.2, 0) is 4.74 Å². The van der Waals surface area contributed by atoms with Crippen molar-refractivity contribution in [3.63, 3.8) is 0 Å². The fourth-order valence-electron chi connectivity index (χ4n) is 2.16. The lowest BCUT2D eigenvalue weighted by Crippen LogP contribution is -2.48. The standard InChI is InChI=1S/C14H31N3O.C2H6.2H2/c1-4-13(3)10-16-11-14-12-17(8-9-18-14)7-6-15-5-2;1-2;;/h13-16H,4-12H2,1-3H3;1-2H3;2*1H/t13?,14-;;;/m0.../s1. The molecule has 1 unspecified atom stereocenters. The maximum absolute atomic E-state index is 5.81. The minimum absolute atomic E-state index is 0. The van der Waals surface area contributed by atoms with Crippen LogP contribution in [-0.4, -0.2) is 63.4 Å². The summed E-state index contributed by atoms with van der Waals surface area (Å²) in [5.74, 6) is 0.762. The summed E-state index contributed by atoms with van der Waals surface area (Å²) in [5.41, 5.74) is 0. The zero-order valence-corrected chi connectivity index (χ0v) is 14.4. The number of nitrogens with zero attached hydrogens (tertiary/aromatic N) is 1. The van der Waals surface area contributed by atoms with Gasteiger partial charge in [-0.1, -0.05) is 41.0 Å². The third-order valence-corrected chi connectivity index (χ3v) is 3.64. The lowest BCUT2D eigenvalue weighted by atomic mass is 10.1. The van der Waals surface area contributed by atoms with Crippen LogP contribution in [0.4, 0.5) is 0 Å². The molecular formula is C16H41N3O. The quantitative estimate of drug-likeness (QED) is 0.640. The van der Waals surface area contributed by atoms with Gasteiger partial charge in [-0.3, -0.25) is 4.90 Å². The first-order valence-corrected chi connectivity index (χ1v) is 8.51. The van der Waals surface area contributed by atoms with E-state index in [-0.39, 0.29) is 2.85 Å². The normalized spacial score (nSPS) is 21.1. The zero-order valence-electron chi connectivity index (χ0n) is 14.4. The van der Waals surface area contributed by atoms with Crippen molar-refractivity contribution in [1.29, 1.82) is 0 Å². The molecule has 1 aliphatic heterocycles. The topological polar surface area (TPSA) is 36.5 Å². The van der Waals surface area contributed by atoms with Gasteiger partial charge in [0, 0.05) is 35.6 Å². The van der Waals surface area contributed by atoms with Crippen molar-refractivity contribution in [2.24, 2.45) is 5.92 Å². The van der Waals surface area contributed by atoms with Gasteiger partial charge < -0.3 is 15.4 Å². The average Bonchev–Trinajstić information content (AvgIpc) is 2.50. The Bertz CT molecular complexity index is 212. The van der Waals surface area contributed by atoms with E-state index in [4.69, 9.17) is 4.74 Å². The molecule has 0 aromatic heterocycles. The fraction of sp³-hybridized carbons (Fsp3) is 1.00. The van der Waals surface area contributed by atoms with Gasteiger partial charge in [-0.2, -0.15) is 0 Å². The molecule has 0 aromatic rings. The highest BCUT2D eigenvalue weighted by molar-refractivity contribution is 4.74. The van der Waals surface area contributed by atoms with Crippen molar-refractivity contribution in [3.05, 3.63) is 0 Å². The van der Waals surface area contributed by atoms with E-state index in [1.54, 1.807) is 0 Å². The highest BCUT2D eigenvalue weighted by Crippen LogP contribution is 2.04. The molecule has 0 amide bonds. The molecule has 1 aliphatic rings. The predicted octanol–water partition coefficient (Wildman–Crippen LogP) is 2.45. The van der Waals surface area contributed by atoms with Crippen LogP contribution >= 0.6 is 0 Å². The smallest absolute Gasteiger partial charge is 0.0826 e. The molecule has 2 atom stereocenters. The molecule has 2 N–H and O–H groups in total. The van der Waals surface area contributed by atoms with Gasteiger partial charge in [0.25, 0.3) is 0 Å². The van der Waals surface area contributed by atoms with Crippen molar-refractivity contribution < 1.29 is 7.59 Å². The van der Waals surface area contributed by atoms with Gasteiger partial charge in [-0.05, 0) is 19.0 Å². The summed E-state index contributed by atoms with van der Waals surface area (Å²) < 4.78 is 5.81. The SMILES string of the molecule is CC.CCNCCN1CCO[C@@H](CNCC(C)CC)C1.[HH].[HH]. The van der Waals surface area contributed by atoms with Crippen LogP contribution in [0.3, 0.4) is 0 Å². The molecule has 0 spiro atoms. The maximum atomic E-state index is 5.81. The third-order valence-electron chi connectivity index (χ3n) is 3.64. The van der Waals surface area contributed by atoms with Gasteiger partial charge in [0.1, 0.15) is 0 Å². The van der Waals surface area contributed by atoms with E-state index in [2.05, 4.69) is 36.3 Å². The van der Waals surface area contributed by atoms with E-state index in [0.717, 1.165) is 58.3 Å². The van der Waals surface area contributed by atoms with E-state index in [9.17, 15) is 0 Å². The van der Waals surface area contributed by atoms with Crippen molar-refractivity contribution in [2.75, 3.05) is 52.4 Å². The van der Waals surface area contributed by atoms with Gasteiger partial charge in [0.05, 0.1) is 12.7 Å². The summed E-state index contributed by atoms with van der Waals surface area (Å²) >= 11 is 0. The molecule has 4 heteroatoms. The monoisotopic (exact) mass is 291 g/mol. The highest BCUT2D eigenvalue weighted by Gasteiger charge is 2.19. The average molecular weight is 292 g/mol. The lowest BCUT2D eigenvalue weighted by Gasteiger charge is -2.33. The molecule has 1 saturated heterocycles. The number of ether oxygens (including phenoxy) is 1. The van der Waals surface area contributed by atoms with Crippen LogP contribution in [0.15, 0.2) is 0 Å². The van der Waals surface area contributed by atoms with Crippen molar-refractivity contribution in [3.8, 4) is 0 Å². The summed E-state index contributed by atoms with van der Waals surface area (Å²) in [4.78, 5) is 2.50. The van der Waals surface area contributed by atoms with Crippen LogP contribution in [0, 0.1) is 5.92 Å². The molecule has 20 heavy (non-hydrogen) atoms. The molecule has 4 nitrogen and oxygen atoms in total. The Kier molecular flexibility index (Phi) is 13.7. The first-order chi connectivity index (χ1) is 9.76. The largest absolute Gasteiger partial charge is 0.374 e. The second-order valence-corrected chi connectivity index (χ2v) is 5.32. The van der Waals surface area contributed by atoms with E-state index in [1.807, 2.05) is 13.8 Å². The highest BCUT2D eigenvalue weighted by atomic mass is 16.5. The summed E-state index contributed by atoms with van der Waals surface area (Å²) in [6, 6.07) is 0. The van der Waals surface area contributed by atoms with Crippen LogP contribution in [0.2, 0.25) is 0 Å². The first kappa shape index (κ1) is 19.8. The molecule has 0 saturated carbocycles. The fourth-order valence-corrected chi connectivity index (χ4v) is 2.16. The molecule has 1 fully saturated rings. The molecule has 0 bridgehead atoms. The second kappa shape index (κ2) is 13.8. The van der Waals surface area contributed by atoms with Crippen LogP contribution < -0.4 is 10.6 Å². The third kappa shape index (κ3) is 9.70. The zero-order chi connectivity index (χ0) is 15.2. The maximum Gasteiger partial charge on any atom is 0.0826 e. The minimum Gasteiger partial charge on any atom is -0.374 e. The summed E-state index contributed by atoms with van der Waals surface area (Å²) in [7, 11) is 0. The minimum atomic E-state index is 0. The molecule has 1 rings (SSSR count).